The second-order valence-electron chi connectivity index (χ2n) is 4.47. The summed E-state index contributed by atoms with van der Waals surface area (Å²) in [7, 11) is 0. The zero-order valence-corrected chi connectivity index (χ0v) is 10.5. The summed E-state index contributed by atoms with van der Waals surface area (Å²) in [5.74, 6) is 0.168. The molecule has 2 aromatic rings. The van der Waals surface area contributed by atoms with Crippen LogP contribution in [0.15, 0.2) is 36.4 Å². The second kappa shape index (κ2) is 5.13. The molecule has 17 heavy (non-hydrogen) atoms. The van der Waals surface area contributed by atoms with Gasteiger partial charge in [0.2, 0.25) is 0 Å². The van der Waals surface area contributed by atoms with Crippen LogP contribution in [0, 0.1) is 0 Å². The number of hydrogen-bond donors (Lipinski definition) is 0. The third-order valence-corrected chi connectivity index (χ3v) is 3.20. The Morgan fingerprint density at radius 1 is 1.12 bits per heavy atom. The molecule has 0 bridgehead atoms. The molecule has 0 spiro atoms. The summed E-state index contributed by atoms with van der Waals surface area (Å²) in [5, 5.41) is 2.46. The number of benzene rings is 2. The fourth-order valence-electron chi connectivity index (χ4n) is 2.29. The first kappa shape index (κ1) is 11.8. The Bertz CT molecular complexity index is 540. The van der Waals surface area contributed by atoms with Gasteiger partial charge < -0.3 is 0 Å². The summed E-state index contributed by atoms with van der Waals surface area (Å²) in [6.07, 6.45) is 3.28. The maximum Gasteiger partial charge on any atom is 0.160 e. The van der Waals surface area contributed by atoms with Crippen LogP contribution in [0.4, 0.5) is 0 Å². The van der Waals surface area contributed by atoms with E-state index >= 15 is 0 Å². The van der Waals surface area contributed by atoms with Crippen LogP contribution in [-0.4, -0.2) is 5.78 Å². The number of aryl methyl sites for hydroxylation is 1. The number of rotatable bonds is 4. The van der Waals surface area contributed by atoms with Gasteiger partial charge in [0.05, 0.1) is 0 Å². The SMILES string of the molecule is CCCCc1c(C(C)=O)ccc2ccccc12. The summed E-state index contributed by atoms with van der Waals surface area (Å²) < 4.78 is 0. The summed E-state index contributed by atoms with van der Waals surface area (Å²) >= 11 is 0. The van der Waals surface area contributed by atoms with Crippen molar-refractivity contribution in [2.75, 3.05) is 0 Å². The highest BCUT2D eigenvalue weighted by Gasteiger charge is 2.10. The normalized spacial score (nSPS) is 10.7. The van der Waals surface area contributed by atoms with Crippen molar-refractivity contribution < 1.29 is 4.79 Å². The molecule has 0 heterocycles. The van der Waals surface area contributed by atoms with Crippen LogP contribution in [0.25, 0.3) is 10.8 Å². The zero-order chi connectivity index (χ0) is 12.3. The molecule has 88 valence electrons. The van der Waals surface area contributed by atoms with Gasteiger partial charge >= 0.3 is 0 Å². The molecule has 0 aliphatic carbocycles. The minimum Gasteiger partial charge on any atom is -0.295 e. The lowest BCUT2D eigenvalue weighted by molar-refractivity contribution is 0.101. The summed E-state index contributed by atoms with van der Waals surface area (Å²) in [6.45, 7) is 3.83. The topological polar surface area (TPSA) is 17.1 Å². The lowest BCUT2D eigenvalue weighted by atomic mass is 9.93. The summed E-state index contributed by atoms with van der Waals surface area (Å²) in [6, 6.07) is 12.3. The average molecular weight is 226 g/mol. The van der Waals surface area contributed by atoms with Crippen LogP contribution >= 0.6 is 0 Å². The van der Waals surface area contributed by atoms with Crippen molar-refractivity contribution in [3.8, 4) is 0 Å². The average Bonchev–Trinajstić information content (AvgIpc) is 2.35. The first-order valence-electron chi connectivity index (χ1n) is 6.25. The van der Waals surface area contributed by atoms with E-state index in [9.17, 15) is 4.79 Å². The number of Topliss-reactive ketones (excluding diaryl/α,β-unsaturated/α-hetero) is 1. The van der Waals surface area contributed by atoms with E-state index in [1.807, 2.05) is 24.3 Å². The molecule has 1 heteroatoms. The summed E-state index contributed by atoms with van der Waals surface area (Å²) in [5.41, 5.74) is 2.11. The van der Waals surface area contributed by atoms with Gasteiger partial charge in [-0.15, -0.1) is 0 Å². The molecule has 0 atom stereocenters. The minimum absolute atomic E-state index is 0.168. The largest absolute Gasteiger partial charge is 0.295 e. The minimum atomic E-state index is 0.168. The van der Waals surface area contributed by atoms with E-state index in [-0.39, 0.29) is 5.78 Å². The molecule has 0 aliphatic rings. The molecule has 2 aromatic carbocycles. The Morgan fingerprint density at radius 3 is 2.59 bits per heavy atom. The lowest BCUT2D eigenvalue weighted by Gasteiger charge is -2.10. The quantitative estimate of drug-likeness (QED) is 0.707. The van der Waals surface area contributed by atoms with Crippen molar-refractivity contribution in [3.63, 3.8) is 0 Å². The van der Waals surface area contributed by atoms with Crippen LogP contribution in [0.2, 0.25) is 0 Å². The third kappa shape index (κ3) is 2.38. The molecule has 0 fully saturated rings. The number of carbonyl (C=O) groups is 1. The Kier molecular flexibility index (Phi) is 3.58. The van der Waals surface area contributed by atoms with E-state index in [2.05, 4.69) is 19.1 Å². The smallest absolute Gasteiger partial charge is 0.160 e. The maximum atomic E-state index is 11.7. The lowest BCUT2D eigenvalue weighted by Crippen LogP contribution is -2.00. The van der Waals surface area contributed by atoms with Crippen molar-refractivity contribution in [3.05, 3.63) is 47.5 Å². The van der Waals surface area contributed by atoms with E-state index < -0.39 is 0 Å². The van der Waals surface area contributed by atoms with Gasteiger partial charge in [-0.3, -0.25) is 4.79 Å². The number of carbonyl (C=O) groups excluding carboxylic acids is 1. The van der Waals surface area contributed by atoms with Gasteiger partial charge in [0, 0.05) is 5.56 Å². The van der Waals surface area contributed by atoms with E-state index in [4.69, 9.17) is 0 Å². The number of unbranched alkanes of at least 4 members (excludes halogenated alkanes) is 1. The van der Waals surface area contributed by atoms with Crippen LogP contribution < -0.4 is 0 Å². The molecule has 0 unspecified atom stereocenters. The maximum absolute atomic E-state index is 11.7. The van der Waals surface area contributed by atoms with Crippen molar-refractivity contribution >= 4 is 16.6 Å². The van der Waals surface area contributed by atoms with Crippen molar-refractivity contribution in [2.45, 2.75) is 33.1 Å². The van der Waals surface area contributed by atoms with Gasteiger partial charge in [0.25, 0.3) is 0 Å². The second-order valence-corrected chi connectivity index (χ2v) is 4.47. The van der Waals surface area contributed by atoms with E-state index in [1.165, 1.54) is 16.3 Å². The third-order valence-electron chi connectivity index (χ3n) is 3.20. The van der Waals surface area contributed by atoms with Gasteiger partial charge in [0.1, 0.15) is 0 Å². The monoisotopic (exact) mass is 226 g/mol. The van der Waals surface area contributed by atoms with Crippen molar-refractivity contribution in [1.29, 1.82) is 0 Å². The molecule has 0 aromatic heterocycles. The molecule has 0 saturated heterocycles. The fourth-order valence-corrected chi connectivity index (χ4v) is 2.29. The summed E-state index contributed by atoms with van der Waals surface area (Å²) in [4.78, 5) is 11.7. The van der Waals surface area contributed by atoms with Crippen LogP contribution in [-0.2, 0) is 6.42 Å². The van der Waals surface area contributed by atoms with Crippen LogP contribution in [0.3, 0.4) is 0 Å². The molecule has 0 saturated carbocycles. The van der Waals surface area contributed by atoms with E-state index in [0.29, 0.717) is 0 Å². The number of ketones is 1. The highest BCUT2D eigenvalue weighted by atomic mass is 16.1. The molecular weight excluding hydrogens is 208 g/mol. The molecule has 0 N–H and O–H groups in total. The standard InChI is InChI=1S/C16H18O/c1-3-4-8-16-14(12(2)17)11-10-13-7-5-6-9-15(13)16/h5-7,9-11H,3-4,8H2,1-2H3. The van der Waals surface area contributed by atoms with Crippen molar-refractivity contribution in [1.82, 2.24) is 0 Å². The Hall–Kier alpha value is -1.63. The fraction of sp³-hybridized carbons (Fsp3) is 0.312. The van der Waals surface area contributed by atoms with Gasteiger partial charge in [-0.1, -0.05) is 49.7 Å². The van der Waals surface area contributed by atoms with Crippen LogP contribution in [0.1, 0.15) is 42.6 Å². The molecule has 1 nitrogen and oxygen atoms in total. The molecule has 0 aliphatic heterocycles. The molecular formula is C16H18O. The first-order chi connectivity index (χ1) is 8.24. The Morgan fingerprint density at radius 2 is 1.88 bits per heavy atom. The van der Waals surface area contributed by atoms with Gasteiger partial charge in [-0.05, 0) is 36.1 Å². The Labute approximate surface area is 102 Å². The number of hydrogen-bond acceptors (Lipinski definition) is 1. The van der Waals surface area contributed by atoms with Gasteiger partial charge in [0.15, 0.2) is 5.78 Å². The van der Waals surface area contributed by atoms with Gasteiger partial charge in [-0.25, -0.2) is 0 Å². The predicted molar refractivity (Wildman–Crippen MR) is 72.6 cm³/mol. The van der Waals surface area contributed by atoms with Crippen LogP contribution in [0.5, 0.6) is 0 Å². The molecule has 0 amide bonds. The zero-order valence-electron chi connectivity index (χ0n) is 10.5. The first-order valence-corrected chi connectivity index (χ1v) is 6.25. The van der Waals surface area contributed by atoms with Gasteiger partial charge in [-0.2, -0.15) is 0 Å². The van der Waals surface area contributed by atoms with E-state index in [1.54, 1.807) is 6.92 Å². The van der Waals surface area contributed by atoms with Crippen molar-refractivity contribution in [2.24, 2.45) is 0 Å². The van der Waals surface area contributed by atoms with E-state index in [0.717, 1.165) is 24.8 Å². The highest BCUT2D eigenvalue weighted by molar-refractivity contribution is 6.01. The molecule has 0 radical (unpaired) electrons. The highest BCUT2D eigenvalue weighted by Crippen LogP contribution is 2.24. The predicted octanol–water partition coefficient (Wildman–Crippen LogP) is 4.39. The number of fused-ring (bicyclic) bond motifs is 1. The molecule has 2 rings (SSSR count). The Balaban J connectivity index is 2.61.